The third kappa shape index (κ3) is 24.1. The van der Waals surface area contributed by atoms with Gasteiger partial charge in [-0.15, -0.1) is 37.2 Å². The van der Waals surface area contributed by atoms with Crippen LogP contribution in [0.15, 0.2) is 0 Å². The molecule has 0 heterocycles. The van der Waals surface area contributed by atoms with Gasteiger partial charge in [0.25, 0.3) is 0 Å². The van der Waals surface area contributed by atoms with E-state index in [1.807, 2.05) is 0 Å². The quantitative estimate of drug-likeness (QED) is 0.332. The van der Waals surface area contributed by atoms with Gasteiger partial charge in [-0.2, -0.15) is 0 Å². The Morgan fingerprint density at radius 2 is 0.750 bits per heavy atom. The molecular formula is C8H26Cl3N5. The number of rotatable bonds is 10. The standard InChI is InChI=1S/C8H23N5.3ClH/c9-1-3-11-5-7-13-8-6-12-4-2-10;;;/h11-13H,1-10H2;3*1H. The maximum absolute atomic E-state index is 5.32. The Balaban J connectivity index is -0.000000240. The molecule has 0 saturated heterocycles. The first-order valence-electron chi connectivity index (χ1n) is 4.94. The van der Waals surface area contributed by atoms with Crippen molar-refractivity contribution in [3.63, 3.8) is 0 Å². The molecule has 0 unspecified atom stereocenters. The van der Waals surface area contributed by atoms with Gasteiger partial charge in [-0.1, -0.05) is 0 Å². The van der Waals surface area contributed by atoms with Gasteiger partial charge in [-0.3, -0.25) is 0 Å². The molecule has 0 amide bonds. The molecular weight excluding hydrogens is 272 g/mol. The average Bonchev–Trinajstić information content (AvgIpc) is 2.16. The van der Waals surface area contributed by atoms with Crippen molar-refractivity contribution in [1.29, 1.82) is 0 Å². The smallest absolute Gasteiger partial charge is 0.00772 e. The first-order valence-corrected chi connectivity index (χ1v) is 4.94. The summed E-state index contributed by atoms with van der Waals surface area (Å²) in [5, 5.41) is 9.71. The normalized spacial score (nSPS) is 8.62. The van der Waals surface area contributed by atoms with Gasteiger partial charge in [0.2, 0.25) is 0 Å². The highest BCUT2D eigenvalue weighted by atomic mass is 35.5. The molecule has 0 saturated carbocycles. The van der Waals surface area contributed by atoms with Crippen LogP contribution < -0.4 is 27.4 Å². The second-order valence-electron chi connectivity index (χ2n) is 2.83. The lowest BCUT2D eigenvalue weighted by molar-refractivity contribution is 0.586. The fraction of sp³-hybridized carbons (Fsp3) is 1.00. The second kappa shape index (κ2) is 24.8. The fourth-order valence-electron chi connectivity index (χ4n) is 0.933. The highest BCUT2D eigenvalue weighted by molar-refractivity contribution is 5.86. The van der Waals surface area contributed by atoms with E-state index < -0.39 is 0 Å². The van der Waals surface area contributed by atoms with Crippen molar-refractivity contribution in [3.05, 3.63) is 0 Å². The molecule has 0 atom stereocenters. The summed E-state index contributed by atoms with van der Waals surface area (Å²) in [6, 6.07) is 0. The van der Waals surface area contributed by atoms with E-state index in [9.17, 15) is 0 Å². The molecule has 0 bridgehead atoms. The SMILES string of the molecule is Cl.Cl.Cl.NCCNCCNCCNCCN. The molecule has 16 heavy (non-hydrogen) atoms. The summed E-state index contributed by atoms with van der Waals surface area (Å²) in [6.07, 6.45) is 0. The minimum absolute atomic E-state index is 0. The summed E-state index contributed by atoms with van der Waals surface area (Å²) in [6.45, 7) is 7.15. The Morgan fingerprint density at radius 3 is 1.00 bits per heavy atom. The van der Waals surface area contributed by atoms with Gasteiger partial charge in [0.1, 0.15) is 0 Å². The van der Waals surface area contributed by atoms with E-state index in [0.717, 1.165) is 39.3 Å². The lowest BCUT2D eigenvalue weighted by Crippen LogP contribution is -2.35. The van der Waals surface area contributed by atoms with Crippen LogP contribution >= 0.6 is 37.2 Å². The largest absolute Gasteiger partial charge is 0.329 e. The lowest BCUT2D eigenvalue weighted by Gasteiger charge is -2.06. The van der Waals surface area contributed by atoms with Gasteiger partial charge >= 0.3 is 0 Å². The van der Waals surface area contributed by atoms with Crippen LogP contribution in [-0.2, 0) is 0 Å². The summed E-state index contributed by atoms with van der Waals surface area (Å²) < 4.78 is 0. The van der Waals surface area contributed by atoms with Crippen LogP contribution in [-0.4, -0.2) is 52.4 Å². The fourth-order valence-corrected chi connectivity index (χ4v) is 0.933. The van der Waals surface area contributed by atoms with E-state index in [1.165, 1.54) is 0 Å². The number of hydrogen-bond acceptors (Lipinski definition) is 5. The van der Waals surface area contributed by atoms with Gasteiger partial charge in [0.05, 0.1) is 0 Å². The summed E-state index contributed by atoms with van der Waals surface area (Å²) in [5.41, 5.74) is 10.6. The first-order chi connectivity index (χ1) is 6.41. The van der Waals surface area contributed by atoms with Crippen LogP contribution in [0.3, 0.4) is 0 Å². The van der Waals surface area contributed by atoms with Gasteiger partial charge in [-0.05, 0) is 0 Å². The number of hydrogen-bond donors (Lipinski definition) is 5. The van der Waals surface area contributed by atoms with Crippen LogP contribution in [0.4, 0.5) is 0 Å². The molecule has 0 aromatic heterocycles. The molecule has 7 N–H and O–H groups in total. The Hall–Kier alpha value is 0.670. The monoisotopic (exact) mass is 297 g/mol. The molecule has 104 valence electrons. The van der Waals surface area contributed by atoms with Crippen LogP contribution in [0.2, 0.25) is 0 Å². The summed E-state index contributed by atoms with van der Waals surface area (Å²) in [7, 11) is 0. The molecule has 5 nitrogen and oxygen atoms in total. The van der Waals surface area contributed by atoms with E-state index in [-0.39, 0.29) is 37.2 Å². The van der Waals surface area contributed by atoms with Crippen LogP contribution in [0.1, 0.15) is 0 Å². The van der Waals surface area contributed by atoms with Crippen molar-refractivity contribution < 1.29 is 0 Å². The Labute approximate surface area is 117 Å². The molecule has 0 aliphatic carbocycles. The van der Waals surface area contributed by atoms with Crippen LogP contribution in [0.5, 0.6) is 0 Å². The van der Waals surface area contributed by atoms with Gasteiger partial charge in [0, 0.05) is 52.4 Å². The Bertz CT molecular complexity index is 89.7. The Kier molecular flexibility index (Phi) is 39.5. The minimum Gasteiger partial charge on any atom is -0.329 e. The molecule has 8 heteroatoms. The third-order valence-corrected chi connectivity index (χ3v) is 1.60. The summed E-state index contributed by atoms with van der Waals surface area (Å²) in [5.74, 6) is 0. The van der Waals surface area contributed by atoms with Gasteiger partial charge < -0.3 is 27.4 Å². The van der Waals surface area contributed by atoms with Crippen molar-refractivity contribution in [1.82, 2.24) is 16.0 Å². The lowest BCUT2D eigenvalue weighted by atomic mass is 10.5. The number of nitrogens with one attached hydrogen (secondary N) is 3. The predicted octanol–water partition coefficient (Wildman–Crippen LogP) is -1.06. The molecule has 0 aliphatic heterocycles. The summed E-state index contributed by atoms with van der Waals surface area (Å²) >= 11 is 0. The van der Waals surface area contributed by atoms with E-state index in [0.29, 0.717) is 13.1 Å². The maximum Gasteiger partial charge on any atom is 0.00772 e. The van der Waals surface area contributed by atoms with Crippen molar-refractivity contribution in [2.24, 2.45) is 11.5 Å². The van der Waals surface area contributed by atoms with Crippen molar-refractivity contribution in [2.45, 2.75) is 0 Å². The molecule has 0 aromatic rings. The minimum atomic E-state index is 0. The number of nitrogens with two attached hydrogens (primary N) is 2. The molecule has 0 fully saturated rings. The predicted molar refractivity (Wildman–Crippen MR) is 78.5 cm³/mol. The van der Waals surface area contributed by atoms with Crippen LogP contribution in [0, 0.1) is 0 Å². The van der Waals surface area contributed by atoms with Crippen molar-refractivity contribution in [3.8, 4) is 0 Å². The molecule has 0 radical (unpaired) electrons. The van der Waals surface area contributed by atoms with E-state index >= 15 is 0 Å². The van der Waals surface area contributed by atoms with Crippen LogP contribution in [0.25, 0.3) is 0 Å². The molecule has 0 spiro atoms. The second-order valence-corrected chi connectivity index (χ2v) is 2.83. The third-order valence-electron chi connectivity index (χ3n) is 1.60. The zero-order valence-electron chi connectivity index (χ0n) is 9.54. The zero-order valence-corrected chi connectivity index (χ0v) is 12.0. The van der Waals surface area contributed by atoms with E-state index in [4.69, 9.17) is 11.5 Å². The molecule has 0 rings (SSSR count). The Morgan fingerprint density at radius 1 is 0.500 bits per heavy atom. The zero-order chi connectivity index (χ0) is 9.78. The number of halogens is 3. The van der Waals surface area contributed by atoms with Gasteiger partial charge in [-0.25, -0.2) is 0 Å². The molecule has 0 aromatic carbocycles. The summed E-state index contributed by atoms with van der Waals surface area (Å²) in [4.78, 5) is 0. The highest BCUT2D eigenvalue weighted by Crippen LogP contribution is 1.60. The topological polar surface area (TPSA) is 88.1 Å². The van der Waals surface area contributed by atoms with E-state index in [2.05, 4.69) is 16.0 Å². The van der Waals surface area contributed by atoms with Gasteiger partial charge in [0.15, 0.2) is 0 Å². The maximum atomic E-state index is 5.32. The van der Waals surface area contributed by atoms with Crippen molar-refractivity contribution in [2.75, 3.05) is 52.4 Å². The van der Waals surface area contributed by atoms with E-state index in [1.54, 1.807) is 0 Å². The highest BCUT2D eigenvalue weighted by Gasteiger charge is 1.87. The molecule has 0 aliphatic rings. The van der Waals surface area contributed by atoms with Crippen molar-refractivity contribution >= 4 is 37.2 Å². The first kappa shape index (κ1) is 25.5. The average molecular weight is 299 g/mol.